The molecule has 2 heterocycles. The number of urea groups is 1. The number of carbonyl (C=O) groups is 2. The van der Waals surface area contributed by atoms with Gasteiger partial charge in [0.15, 0.2) is 0 Å². The van der Waals surface area contributed by atoms with Crippen LogP contribution in [0.25, 0.3) is 0 Å². The molecule has 1 aromatic rings. The maximum Gasteiger partial charge on any atom is 0.323 e. The van der Waals surface area contributed by atoms with Gasteiger partial charge in [-0.2, -0.15) is 0 Å². The van der Waals surface area contributed by atoms with Gasteiger partial charge in [0.05, 0.1) is 11.6 Å². The Labute approximate surface area is 189 Å². The third-order valence-electron chi connectivity index (χ3n) is 6.67. The molecule has 0 aromatic carbocycles. The number of rotatable bonds is 5. The standard InChI is InChI=1S/C22H38N6O2S/c1-22(2,12-26(3)4)11-25-21(30)28(6)20(29)14-7-13-8-15-17(31-19(24)18(15)23)9-16(13)27(5)10-14/h13-14,16H,7-12,23-24H2,1-6H3,(H,25,30)/t13-,14-,16-/m1/s1. The van der Waals surface area contributed by atoms with E-state index in [4.69, 9.17) is 11.5 Å². The van der Waals surface area contributed by atoms with Crippen LogP contribution in [0.2, 0.25) is 0 Å². The average molecular weight is 451 g/mol. The van der Waals surface area contributed by atoms with Crippen LogP contribution in [0.5, 0.6) is 0 Å². The number of likely N-dealkylation sites (N-methyl/N-ethyl adjacent to an activating group) is 1. The van der Waals surface area contributed by atoms with Crippen LogP contribution in [0.15, 0.2) is 0 Å². The monoisotopic (exact) mass is 450 g/mol. The van der Waals surface area contributed by atoms with E-state index < -0.39 is 0 Å². The molecule has 0 saturated carbocycles. The van der Waals surface area contributed by atoms with Crippen molar-refractivity contribution in [3.05, 3.63) is 10.4 Å². The molecule has 0 bridgehead atoms. The molecule has 0 spiro atoms. The van der Waals surface area contributed by atoms with Crippen LogP contribution >= 0.6 is 11.3 Å². The van der Waals surface area contributed by atoms with Crippen molar-refractivity contribution in [3.8, 4) is 0 Å². The Morgan fingerprint density at radius 3 is 2.55 bits per heavy atom. The number of amides is 3. The van der Waals surface area contributed by atoms with Gasteiger partial charge in [-0.25, -0.2) is 4.79 Å². The van der Waals surface area contributed by atoms with Crippen LogP contribution in [-0.2, 0) is 17.6 Å². The molecule has 5 N–H and O–H groups in total. The summed E-state index contributed by atoms with van der Waals surface area (Å²) >= 11 is 1.60. The molecule has 0 unspecified atom stereocenters. The quantitative estimate of drug-likeness (QED) is 0.630. The van der Waals surface area contributed by atoms with Crippen LogP contribution in [0.3, 0.4) is 0 Å². The molecule has 8 nitrogen and oxygen atoms in total. The van der Waals surface area contributed by atoms with E-state index in [1.165, 1.54) is 15.3 Å². The van der Waals surface area contributed by atoms with Gasteiger partial charge in [-0.15, -0.1) is 11.3 Å². The normalized spacial score (nSPS) is 23.9. The second-order valence-electron chi connectivity index (χ2n) is 10.3. The van der Waals surface area contributed by atoms with E-state index in [0.29, 0.717) is 35.7 Å². The third-order valence-corrected chi connectivity index (χ3v) is 7.77. The summed E-state index contributed by atoms with van der Waals surface area (Å²) in [7, 11) is 7.68. The number of nitrogens with one attached hydrogen (secondary N) is 1. The smallest absolute Gasteiger partial charge is 0.323 e. The zero-order valence-electron chi connectivity index (χ0n) is 19.7. The molecule has 174 valence electrons. The highest BCUT2D eigenvalue weighted by atomic mass is 32.1. The molecule has 1 aliphatic carbocycles. The minimum Gasteiger partial charge on any atom is -0.396 e. The van der Waals surface area contributed by atoms with E-state index in [0.717, 1.165) is 25.8 Å². The average Bonchev–Trinajstić information content (AvgIpc) is 2.96. The van der Waals surface area contributed by atoms with Crippen molar-refractivity contribution in [1.82, 2.24) is 20.0 Å². The molecule has 0 radical (unpaired) electrons. The molecule has 1 aliphatic heterocycles. The number of fused-ring (bicyclic) bond motifs is 2. The lowest BCUT2D eigenvalue weighted by Gasteiger charge is -2.45. The van der Waals surface area contributed by atoms with Crippen LogP contribution in [0, 0.1) is 17.3 Å². The summed E-state index contributed by atoms with van der Waals surface area (Å²) in [5, 5.41) is 3.64. The predicted molar refractivity (Wildman–Crippen MR) is 127 cm³/mol. The van der Waals surface area contributed by atoms with Gasteiger partial charge >= 0.3 is 6.03 Å². The van der Waals surface area contributed by atoms with Gasteiger partial charge in [0, 0.05) is 37.6 Å². The lowest BCUT2D eigenvalue weighted by atomic mass is 9.74. The molecular formula is C22H38N6O2S. The SMILES string of the molecule is CN(C)CC(C)(C)CNC(=O)N(C)C(=O)[C@@H]1C[C@@H]2Cc3c(sc(N)c3N)C[C@H]2N(C)C1. The van der Waals surface area contributed by atoms with Crippen molar-refractivity contribution in [2.24, 2.45) is 17.3 Å². The molecule has 1 saturated heterocycles. The third kappa shape index (κ3) is 5.15. The number of likely N-dealkylation sites (tertiary alicyclic amines) is 1. The first-order valence-electron chi connectivity index (χ1n) is 11.0. The molecule has 9 heteroatoms. The maximum atomic E-state index is 13.2. The lowest BCUT2D eigenvalue weighted by Crippen LogP contribution is -2.55. The highest BCUT2D eigenvalue weighted by Crippen LogP contribution is 2.44. The van der Waals surface area contributed by atoms with E-state index in [1.54, 1.807) is 18.4 Å². The summed E-state index contributed by atoms with van der Waals surface area (Å²) in [6.07, 6.45) is 2.55. The van der Waals surface area contributed by atoms with E-state index >= 15 is 0 Å². The topological polar surface area (TPSA) is 108 Å². The summed E-state index contributed by atoms with van der Waals surface area (Å²) in [6.45, 7) is 6.23. The van der Waals surface area contributed by atoms with Gasteiger partial charge in [-0.1, -0.05) is 13.8 Å². The number of nitrogens with zero attached hydrogens (tertiary/aromatic N) is 3. The number of imide groups is 1. The van der Waals surface area contributed by atoms with Crippen LogP contribution in [-0.4, -0.2) is 80.5 Å². The zero-order valence-corrected chi connectivity index (χ0v) is 20.5. The Morgan fingerprint density at radius 2 is 1.90 bits per heavy atom. The Hall–Kier alpha value is -1.84. The van der Waals surface area contributed by atoms with Crippen molar-refractivity contribution in [2.75, 3.05) is 59.3 Å². The summed E-state index contributed by atoms with van der Waals surface area (Å²) in [6, 6.07) is 0.0577. The van der Waals surface area contributed by atoms with Crippen LogP contribution in [0.4, 0.5) is 15.5 Å². The zero-order chi connectivity index (χ0) is 23.1. The van der Waals surface area contributed by atoms with Crippen molar-refractivity contribution in [3.63, 3.8) is 0 Å². The minimum atomic E-state index is -0.331. The largest absolute Gasteiger partial charge is 0.396 e. The molecule has 2 aliphatic rings. The second kappa shape index (κ2) is 8.96. The van der Waals surface area contributed by atoms with Crippen LogP contribution < -0.4 is 16.8 Å². The molecule has 3 rings (SSSR count). The highest BCUT2D eigenvalue weighted by Gasteiger charge is 2.42. The summed E-state index contributed by atoms with van der Waals surface area (Å²) in [4.78, 5) is 32.8. The first kappa shape index (κ1) is 23.8. The van der Waals surface area contributed by atoms with Gasteiger partial charge in [0.25, 0.3) is 0 Å². The number of nitrogens with two attached hydrogens (primary N) is 2. The van der Waals surface area contributed by atoms with Crippen molar-refractivity contribution < 1.29 is 9.59 Å². The van der Waals surface area contributed by atoms with Crippen molar-refractivity contribution >= 4 is 34.0 Å². The first-order valence-corrected chi connectivity index (χ1v) is 11.8. The molecular weight excluding hydrogens is 412 g/mol. The van der Waals surface area contributed by atoms with Crippen molar-refractivity contribution in [2.45, 2.75) is 39.2 Å². The van der Waals surface area contributed by atoms with E-state index in [1.807, 2.05) is 14.1 Å². The lowest BCUT2D eigenvalue weighted by molar-refractivity contribution is -0.134. The Balaban J connectivity index is 1.62. The molecule has 1 aromatic heterocycles. The minimum absolute atomic E-state index is 0.0799. The van der Waals surface area contributed by atoms with Gasteiger partial charge in [0.2, 0.25) is 5.91 Å². The van der Waals surface area contributed by atoms with E-state index in [2.05, 4.69) is 36.0 Å². The van der Waals surface area contributed by atoms with E-state index in [-0.39, 0.29) is 23.3 Å². The van der Waals surface area contributed by atoms with Gasteiger partial charge in [-0.3, -0.25) is 9.69 Å². The fraction of sp³-hybridized carbons (Fsp3) is 0.727. The predicted octanol–water partition coefficient (Wildman–Crippen LogP) is 1.70. The molecule has 3 amide bonds. The Kier molecular flexibility index (Phi) is 6.88. The number of nitrogen functional groups attached to an aromatic ring is 2. The highest BCUT2D eigenvalue weighted by molar-refractivity contribution is 7.16. The van der Waals surface area contributed by atoms with Crippen LogP contribution in [0.1, 0.15) is 30.7 Å². The summed E-state index contributed by atoms with van der Waals surface area (Å²) < 4.78 is 0. The number of hydrogen-bond acceptors (Lipinski definition) is 7. The summed E-state index contributed by atoms with van der Waals surface area (Å²) in [5.74, 6) is 0.0272. The van der Waals surface area contributed by atoms with Gasteiger partial charge in [0.1, 0.15) is 5.00 Å². The summed E-state index contributed by atoms with van der Waals surface area (Å²) in [5.41, 5.74) is 14.1. The number of carbonyl (C=O) groups excluding carboxylic acids is 2. The number of thiophene rings is 1. The number of hydrogen-bond donors (Lipinski definition) is 3. The Bertz CT molecular complexity index is 836. The van der Waals surface area contributed by atoms with Crippen molar-refractivity contribution in [1.29, 1.82) is 0 Å². The number of piperidine rings is 1. The fourth-order valence-electron chi connectivity index (χ4n) is 5.27. The first-order chi connectivity index (χ1) is 14.4. The van der Waals surface area contributed by atoms with E-state index in [9.17, 15) is 9.59 Å². The second-order valence-corrected chi connectivity index (χ2v) is 11.5. The fourth-order valence-corrected chi connectivity index (χ4v) is 6.34. The van der Waals surface area contributed by atoms with Gasteiger partial charge < -0.3 is 26.6 Å². The Morgan fingerprint density at radius 1 is 1.23 bits per heavy atom. The maximum absolute atomic E-state index is 13.2. The molecule has 31 heavy (non-hydrogen) atoms. The number of anilines is 2. The molecule has 1 fully saturated rings. The molecule has 3 atom stereocenters. The van der Waals surface area contributed by atoms with Gasteiger partial charge in [-0.05, 0) is 57.3 Å².